The molecule has 0 spiro atoms. The van der Waals surface area contributed by atoms with Gasteiger partial charge in [0.2, 0.25) is 0 Å². The second-order valence-electron chi connectivity index (χ2n) is 12.2. The summed E-state index contributed by atoms with van der Waals surface area (Å²) in [5.41, 5.74) is 9.71. The summed E-state index contributed by atoms with van der Waals surface area (Å²) in [5, 5.41) is 10.1. The summed E-state index contributed by atoms with van der Waals surface area (Å²) in [7, 11) is 0. The van der Waals surface area contributed by atoms with Crippen LogP contribution in [0.4, 0.5) is 0 Å². The van der Waals surface area contributed by atoms with Crippen molar-refractivity contribution >= 4 is 65.2 Å². The van der Waals surface area contributed by atoms with E-state index in [-0.39, 0.29) is 0 Å². The highest BCUT2D eigenvalue weighted by Gasteiger charge is 2.18. The number of para-hydroxylation sites is 3. The van der Waals surface area contributed by atoms with Gasteiger partial charge in [-0.3, -0.25) is 0 Å². The van der Waals surface area contributed by atoms with Crippen LogP contribution in [-0.4, -0.2) is 9.13 Å². The third kappa shape index (κ3) is 3.59. The Kier molecular flexibility index (Phi) is 5.31. The molecule has 0 aliphatic carbocycles. The van der Waals surface area contributed by atoms with E-state index in [1.165, 1.54) is 87.7 Å². The van der Waals surface area contributed by atoms with Crippen LogP contribution in [0.25, 0.3) is 87.7 Å². The van der Waals surface area contributed by atoms with Crippen molar-refractivity contribution < 1.29 is 0 Å². The first-order valence-electron chi connectivity index (χ1n) is 15.9. The number of fused-ring (bicyclic) bond motifs is 8. The number of rotatable bonds is 3. The Morgan fingerprint density at radius 2 is 0.783 bits per heavy atom. The maximum Gasteiger partial charge on any atom is 0.0618 e. The molecule has 2 aromatic heterocycles. The van der Waals surface area contributed by atoms with Crippen molar-refractivity contribution in [2.45, 2.75) is 0 Å². The molecule has 46 heavy (non-hydrogen) atoms. The van der Waals surface area contributed by atoms with E-state index < -0.39 is 0 Å². The van der Waals surface area contributed by atoms with Crippen molar-refractivity contribution in [1.29, 1.82) is 0 Å². The SMILES string of the molecule is c1ccc(-n2c3ccccc3c3ccc(-c4ccc5c(c4)c4ccccc4n5-c4c5ccccc5cc5ccccc45)cc32)cc1. The minimum atomic E-state index is 1.17. The predicted octanol–water partition coefficient (Wildman–Crippen LogP) is 11.9. The van der Waals surface area contributed by atoms with E-state index >= 15 is 0 Å². The second-order valence-corrected chi connectivity index (χ2v) is 12.2. The minimum Gasteiger partial charge on any atom is -0.309 e. The number of nitrogens with zero attached hydrogens (tertiary/aromatic N) is 2. The molecule has 0 unspecified atom stereocenters. The first-order chi connectivity index (χ1) is 22.8. The van der Waals surface area contributed by atoms with Gasteiger partial charge in [-0.25, -0.2) is 0 Å². The van der Waals surface area contributed by atoms with Crippen molar-refractivity contribution in [1.82, 2.24) is 9.13 Å². The van der Waals surface area contributed by atoms with E-state index in [1.54, 1.807) is 0 Å². The average Bonchev–Trinajstić information content (AvgIpc) is 3.63. The highest BCUT2D eigenvalue weighted by Crippen LogP contribution is 2.41. The van der Waals surface area contributed by atoms with Gasteiger partial charge in [0.1, 0.15) is 0 Å². The summed E-state index contributed by atoms with van der Waals surface area (Å²) in [6.45, 7) is 0. The van der Waals surface area contributed by atoms with Gasteiger partial charge in [0.15, 0.2) is 0 Å². The maximum absolute atomic E-state index is 2.48. The quantitative estimate of drug-likeness (QED) is 0.183. The lowest BCUT2D eigenvalue weighted by molar-refractivity contribution is 1.18. The fourth-order valence-electron chi connectivity index (χ4n) is 7.63. The molecule has 2 heterocycles. The van der Waals surface area contributed by atoms with Crippen molar-refractivity contribution in [3.8, 4) is 22.5 Å². The fourth-order valence-corrected chi connectivity index (χ4v) is 7.63. The minimum absolute atomic E-state index is 1.17. The molecule has 0 atom stereocenters. The molecule has 0 bridgehead atoms. The maximum atomic E-state index is 2.48. The third-order valence-electron chi connectivity index (χ3n) is 9.66. The Bertz CT molecular complexity index is 2740. The molecule has 0 amide bonds. The third-order valence-corrected chi connectivity index (χ3v) is 9.66. The van der Waals surface area contributed by atoms with Gasteiger partial charge in [-0.15, -0.1) is 0 Å². The van der Waals surface area contributed by atoms with Gasteiger partial charge >= 0.3 is 0 Å². The Balaban J connectivity index is 1.25. The predicted molar refractivity (Wildman–Crippen MR) is 196 cm³/mol. The Labute approximate surface area is 266 Å². The van der Waals surface area contributed by atoms with Crippen molar-refractivity contribution in [2.75, 3.05) is 0 Å². The molecule has 0 aliphatic heterocycles. The van der Waals surface area contributed by atoms with E-state index in [9.17, 15) is 0 Å². The first-order valence-corrected chi connectivity index (χ1v) is 15.9. The molecule has 0 saturated heterocycles. The van der Waals surface area contributed by atoms with Crippen LogP contribution < -0.4 is 0 Å². The van der Waals surface area contributed by atoms with E-state index in [1.807, 2.05) is 0 Å². The summed E-state index contributed by atoms with van der Waals surface area (Å²) in [6, 6.07) is 62.0. The molecule has 0 fully saturated rings. The monoisotopic (exact) mass is 584 g/mol. The molecule has 214 valence electrons. The molecule has 10 aromatic rings. The van der Waals surface area contributed by atoms with Gasteiger partial charge in [0, 0.05) is 38.0 Å². The summed E-state index contributed by atoms with van der Waals surface area (Å²) in [4.78, 5) is 0. The number of benzene rings is 8. The van der Waals surface area contributed by atoms with Gasteiger partial charge in [-0.05, 0) is 70.4 Å². The van der Waals surface area contributed by atoms with Crippen LogP contribution in [0.15, 0.2) is 170 Å². The van der Waals surface area contributed by atoms with E-state index in [0.29, 0.717) is 0 Å². The lowest BCUT2D eigenvalue weighted by Gasteiger charge is -2.15. The zero-order valence-corrected chi connectivity index (χ0v) is 25.1. The van der Waals surface area contributed by atoms with E-state index in [4.69, 9.17) is 0 Å². The Morgan fingerprint density at radius 1 is 0.283 bits per heavy atom. The summed E-state index contributed by atoms with van der Waals surface area (Å²) < 4.78 is 4.87. The zero-order valence-electron chi connectivity index (χ0n) is 25.1. The number of hydrogen-bond acceptors (Lipinski definition) is 0. The van der Waals surface area contributed by atoms with Gasteiger partial charge in [-0.2, -0.15) is 0 Å². The molecular formula is C44H28N2. The molecule has 0 N–H and O–H groups in total. The standard InChI is InChI=1S/C44H28N2/c1-2-14-33(15-3-1)45-40-20-10-8-18-36(40)38-24-22-30(28-43(38)45)29-23-25-42-39(27-29)37-19-9-11-21-41(37)46(42)44-34-16-6-4-12-31(34)26-32-13-5-7-17-35(32)44/h1-28H. The molecular weight excluding hydrogens is 556 g/mol. The van der Waals surface area contributed by atoms with Gasteiger partial charge in [-0.1, -0.05) is 121 Å². The van der Waals surface area contributed by atoms with Crippen LogP contribution in [-0.2, 0) is 0 Å². The first kappa shape index (κ1) is 25.2. The van der Waals surface area contributed by atoms with Crippen molar-refractivity contribution in [3.63, 3.8) is 0 Å². The van der Waals surface area contributed by atoms with Crippen molar-refractivity contribution in [2.24, 2.45) is 0 Å². The highest BCUT2D eigenvalue weighted by molar-refractivity contribution is 6.16. The molecule has 0 aliphatic rings. The lowest BCUT2D eigenvalue weighted by Crippen LogP contribution is -1.97. The normalized spacial score (nSPS) is 11.9. The van der Waals surface area contributed by atoms with Crippen LogP contribution in [0.1, 0.15) is 0 Å². The van der Waals surface area contributed by atoms with Crippen molar-refractivity contribution in [3.05, 3.63) is 170 Å². The fraction of sp³-hybridized carbons (Fsp3) is 0. The van der Waals surface area contributed by atoms with Crippen LogP contribution in [0.5, 0.6) is 0 Å². The molecule has 2 heteroatoms. The summed E-state index contributed by atoms with van der Waals surface area (Å²) >= 11 is 0. The molecule has 10 rings (SSSR count). The summed E-state index contributed by atoms with van der Waals surface area (Å²) in [5.74, 6) is 0. The largest absolute Gasteiger partial charge is 0.309 e. The zero-order chi connectivity index (χ0) is 30.2. The van der Waals surface area contributed by atoms with E-state index in [0.717, 1.165) is 0 Å². The van der Waals surface area contributed by atoms with Crippen LogP contribution in [0.2, 0.25) is 0 Å². The lowest BCUT2D eigenvalue weighted by atomic mass is 10.00. The molecule has 8 aromatic carbocycles. The van der Waals surface area contributed by atoms with Crippen LogP contribution in [0, 0.1) is 0 Å². The highest BCUT2D eigenvalue weighted by atomic mass is 15.0. The van der Waals surface area contributed by atoms with Gasteiger partial charge in [0.25, 0.3) is 0 Å². The molecule has 0 radical (unpaired) electrons. The molecule has 0 saturated carbocycles. The average molecular weight is 585 g/mol. The number of hydrogen-bond donors (Lipinski definition) is 0. The van der Waals surface area contributed by atoms with Crippen LogP contribution >= 0.6 is 0 Å². The van der Waals surface area contributed by atoms with Gasteiger partial charge < -0.3 is 9.13 Å². The smallest absolute Gasteiger partial charge is 0.0618 e. The number of aromatic nitrogens is 2. The topological polar surface area (TPSA) is 9.86 Å². The van der Waals surface area contributed by atoms with Gasteiger partial charge in [0.05, 0.1) is 27.8 Å². The second kappa shape index (κ2) is 9.69. The Hall–Kier alpha value is -6.12. The van der Waals surface area contributed by atoms with E-state index in [2.05, 4.69) is 179 Å². The molecule has 2 nitrogen and oxygen atoms in total. The Morgan fingerprint density at radius 3 is 1.50 bits per heavy atom. The summed E-state index contributed by atoms with van der Waals surface area (Å²) in [6.07, 6.45) is 0. The van der Waals surface area contributed by atoms with Crippen LogP contribution in [0.3, 0.4) is 0 Å².